The third kappa shape index (κ3) is 3.26. The van der Waals surface area contributed by atoms with Crippen molar-refractivity contribution in [3.8, 4) is 5.75 Å². The fraction of sp³-hybridized carbons (Fsp3) is 0.600. The minimum atomic E-state index is 0.266. The summed E-state index contributed by atoms with van der Waals surface area (Å²) in [6.07, 6.45) is 1.23. The average molecular weight is 297 g/mol. The zero-order chi connectivity index (χ0) is 13.9. The fourth-order valence-electron chi connectivity index (χ4n) is 2.90. The van der Waals surface area contributed by atoms with Crippen LogP contribution < -0.4 is 10.1 Å². The van der Waals surface area contributed by atoms with Crippen molar-refractivity contribution in [1.29, 1.82) is 0 Å². The summed E-state index contributed by atoms with van der Waals surface area (Å²) in [5.74, 6) is 1.03. The molecule has 1 aromatic carbocycles. The van der Waals surface area contributed by atoms with Crippen LogP contribution in [0.5, 0.6) is 5.75 Å². The number of nitrogens with one attached hydrogen (secondary N) is 1. The van der Waals surface area contributed by atoms with E-state index in [4.69, 9.17) is 21.1 Å². The van der Waals surface area contributed by atoms with E-state index in [-0.39, 0.29) is 6.10 Å². The van der Waals surface area contributed by atoms with Crippen LogP contribution in [0.1, 0.15) is 11.1 Å². The highest BCUT2D eigenvalue weighted by molar-refractivity contribution is 6.30. The molecule has 0 spiro atoms. The van der Waals surface area contributed by atoms with Gasteiger partial charge in [-0.3, -0.25) is 4.90 Å². The molecular formula is C15H21ClN2O2. The van der Waals surface area contributed by atoms with E-state index in [1.165, 1.54) is 11.1 Å². The van der Waals surface area contributed by atoms with Crippen molar-refractivity contribution in [2.45, 2.75) is 19.1 Å². The van der Waals surface area contributed by atoms with Crippen LogP contribution in [0.2, 0.25) is 5.02 Å². The van der Waals surface area contributed by atoms with Gasteiger partial charge in [0.15, 0.2) is 0 Å². The van der Waals surface area contributed by atoms with Crippen molar-refractivity contribution in [2.75, 3.05) is 39.9 Å². The molecule has 0 bridgehead atoms. The molecule has 1 N–H and O–H groups in total. The second-order valence-electron chi connectivity index (χ2n) is 5.55. The highest BCUT2D eigenvalue weighted by Gasteiger charge is 2.20. The topological polar surface area (TPSA) is 33.7 Å². The molecule has 3 rings (SSSR count). The fourth-order valence-corrected chi connectivity index (χ4v) is 3.17. The van der Waals surface area contributed by atoms with E-state index in [9.17, 15) is 0 Å². The summed E-state index contributed by atoms with van der Waals surface area (Å²) in [6.45, 7) is 5.19. The highest BCUT2D eigenvalue weighted by Crippen LogP contribution is 2.33. The van der Waals surface area contributed by atoms with Crippen LogP contribution in [-0.4, -0.2) is 50.9 Å². The molecule has 2 heterocycles. The maximum absolute atomic E-state index is 6.20. The van der Waals surface area contributed by atoms with Crippen molar-refractivity contribution in [3.63, 3.8) is 0 Å². The summed E-state index contributed by atoms with van der Waals surface area (Å²) in [7, 11) is 2.11. The van der Waals surface area contributed by atoms with Crippen LogP contribution in [0.25, 0.3) is 0 Å². The van der Waals surface area contributed by atoms with Crippen molar-refractivity contribution in [1.82, 2.24) is 10.2 Å². The number of ether oxygens (including phenoxy) is 2. The Balaban J connectivity index is 1.65. The first-order chi connectivity index (χ1) is 9.72. The molecule has 0 saturated carbocycles. The quantitative estimate of drug-likeness (QED) is 0.917. The second-order valence-corrected chi connectivity index (χ2v) is 5.98. The van der Waals surface area contributed by atoms with Gasteiger partial charge in [-0.15, -0.1) is 0 Å². The van der Waals surface area contributed by atoms with Gasteiger partial charge in [-0.05, 0) is 24.7 Å². The molecule has 110 valence electrons. The standard InChI is InChI=1S/C15H21ClN2O2/c1-18(10-14-8-17-3-5-19-14)9-12-7-13(16)6-11-2-4-20-15(11)12/h6-7,14,17H,2-5,8-10H2,1H3. The predicted molar refractivity (Wildman–Crippen MR) is 79.6 cm³/mol. The van der Waals surface area contributed by atoms with E-state index < -0.39 is 0 Å². The summed E-state index contributed by atoms with van der Waals surface area (Å²) < 4.78 is 11.5. The molecule has 2 aliphatic heterocycles. The summed E-state index contributed by atoms with van der Waals surface area (Å²) in [6, 6.07) is 4.03. The zero-order valence-electron chi connectivity index (χ0n) is 11.8. The Kier molecular flexibility index (Phi) is 4.46. The van der Waals surface area contributed by atoms with Crippen LogP contribution in [0, 0.1) is 0 Å². The van der Waals surface area contributed by atoms with E-state index in [0.29, 0.717) is 0 Å². The van der Waals surface area contributed by atoms with Gasteiger partial charge in [0.05, 0.1) is 19.3 Å². The predicted octanol–water partition coefficient (Wildman–Crippen LogP) is 1.70. The van der Waals surface area contributed by atoms with Gasteiger partial charge in [0.25, 0.3) is 0 Å². The first-order valence-electron chi connectivity index (χ1n) is 7.17. The Morgan fingerprint density at radius 1 is 1.40 bits per heavy atom. The lowest BCUT2D eigenvalue weighted by atomic mass is 10.1. The number of morpholine rings is 1. The summed E-state index contributed by atoms with van der Waals surface area (Å²) >= 11 is 6.20. The SMILES string of the molecule is CN(Cc1cc(Cl)cc2c1OCC2)CC1CNCCO1. The van der Waals surface area contributed by atoms with Crippen LogP contribution in [0.4, 0.5) is 0 Å². The minimum Gasteiger partial charge on any atom is -0.493 e. The molecule has 1 fully saturated rings. The zero-order valence-corrected chi connectivity index (χ0v) is 12.6. The van der Waals surface area contributed by atoms with Gasteiger partial charge in [-0.25, -0.2) is 0 Å². The Labute approximate surface area is 125 Å². The molecule has 4 nitrogen and oxygen atoms in total. The van der Waals surface area contributed by atoms with Crippen LogP contribution in [0.3, 0.4) is 0 Å². The lowest BCUT2D eigenvalue weighted by molar-refractivity contribution is 0.00875. The van der Waals surface area contributed by atoms with E-state index in [1.54, 1.807) is 0 Å². The molecule has 1 saturated heterocycles. The molecule has 1 aromatic rings. The lowest BCUT2D eigenvalue weighted by Gasteiger charge is -2.28. The van der Waals surface area contributed by atoms with Crippen molar-refractivity contribution in [2.24, 2.45) is 0 Å². The number of nitrogens with zero attached hydrogens (tertiary/aromatic N) is 1. The normalized spacial score (nSPS) is 21.9. The summed E-state index contributed by atoms with van der Waals surface area (Å²) in [4.78, 5) is 2.27. The number of halogens is 1. The van der Waals surface area contributed by atoms with E-state index >= 15 is 0 Å². The molecule has 0 radical (unpaired) electrons. The average Bonchev–Trinajstić information content (AvgIpc) is 2.88. The molecule has 0 aliphatic carbocycles. The molecular weight excluding hydrogens is 276 g/mol. The van der Waals surface area contributed by atoms with Crippen LogP contribution >= 0.6 is 11.6 Å². The Hall–Kier alpha value is -0.810. The Morgan fingerprint density at radius 2 is 2.30 bits per heavy atom. The maximum atomic E-state index is 6.20. The van der Waals surface area contributed by atoms with Crippen molar-refractivity contribution >= 4 is 11.6 Å². The number of fused-ring (bicyclic) bond motifs is 1. The van der Waals surface area contributed by atoms with E-state index in [0.717, 1.165) is 56.6 Å². The molecule has 5 heteroatoms. The summed E-state index contributed by atoms with van der Waals surface area (Å²) in [5.41, 5.74) is 2.41. The summed E-state index contributed by atoms with van der Waals surface area (Å²) in [5, 5.41) is 4.16. The minimum absolute atomic E-state index is 0.266. The van der Waals surface area contributed by atoms with E-state index in [1.807, 2.05) is 12.1 Å². The third-order valence-corrected chi connectivity index (χ3v) is 4.00. The first kappa shape index (κ1) is 14.1. The maximum Gasteiger partial charge on any atom is 0.127 e. The van der Waals surface area contributed by atoms with Crippen LogP contribution in [0.15, 0.2) is 12.1 Å². The molecule has 2 aliphatic rings. The molecule has 1 unspecified atom stereocenters. The molecule has 0 aromatic heterocycles. The van der Waals surface area contributed by atoms with Crippen molar-refractivity contribution < 1.29 is 9.47 Å². The third-order valence-electron chi connectivity index (χ3n) is 3.79. The number of hydrogen-bond donors (Lipinski definition) is 1. The van der Waals surface area contributed by atoms with Gasteiger partial charge < -0.3 is 14.8 Å². The number of hydrogen-bond acceptors (Lipinski definition) is 4. The molecule has 20 heavy (non-hydrogen) atoms. The molecule has 0 amide bonds. The van der Waals surface area contributed by atoms with Gasteiger partial charge in [-0.2, -0.15) is 0 Å². The first-order valence-corrected chi connectivity index (χ1v) is 7.55. The second kappa shape index (κ2) is 6.31. The number of benzene rings is 1. The van der Waals surface area contributed by atoms with E-state index in [2.05, 4.69) is 17.3 Å². The Morgan fingerprint density at radius 3 is 3.10 bits per heavy atom. The largest absolute Gasteiger partial charge is 0.493 e. The highest BCUT2D eigenvalue weighted by atomic mass is 35.5. The Bertz CT molecular complexity index is 475. The lowest BCUT2D eigenvalue weighted by Crippen LogP contribution is -2.44. The van der Waals surface area contributed by atoms with Gasteiger partial charge >= 0.3 is 0 Å². The monoisotopic (exact) mass is 296 g/mol. The van der Waals surface area contributed by atoms with Gasteiger partial charge in [-0.1, -0.05) is 11.6 Å². The van der Waals surface area contributed by atoms with Gasteiger partial charge in [0, 0.05) is 43.2 Å². The number of rotatable bonds is 4. The van der Waals surface area contributed by atoms with Crippen LogP contribution in [-0.2, 0) is 17.7 Å². The smallest absolute Gasteiger partial charge is 0.127 e. The number of likely N-dealkylation sites (N-methyl/N-ethyl adjacent to an activating group) is 1. The van der Waals surface area contributed by atoms with Gasteiger partial charge in [0.1, 0.15) is 5.75 Å². The van der Waals surface area contributed by atoms with Gasteiger partial charge in [0.2, 0.25) is 0 Å². The van der Waals surface area contributed by atoms with Crippen molar-refractivity contribution in [3.05, 3.63) is 28.3 Å². The molecule has 1 atom stereocenters.